The van der Waals surface area contributed by atoms with Crippen LogP contribution in [0.3, 0.4) is 0 Å². The molecule has 0 aromatic heterocycles. The lowest BCUT2D eigenvalue weighted by Gasteiger charge is -2.11. The minimum absolute atomic E-state index is 0.0245. The quantitative estimate of drug-likeness (QED) is 0.350. The van der Waals surface area contributed by atoms with Gasteiger partial charge in [0.15, 0.2) is 0 Å². The Balaban J connectivity index is 3.83. The average Bonchev–Trinajstić information content (AvgIpc) is 2.41. The van der Waals surface area contributed by atoms with Crippen LogP contribution in [0.4, 0.5) is 0 Å². The third kappa shape index (κ3) is 9.52. The van der Waals surface area contributed by atoms with Gasteiger partial charge in [0.05, 0.1) is 19.1 Å². The molecule has 0 aromatic rings. The van der Waals surface area contributed by atoms with E-state index >= 15 is 0 Å². The molecule has 0 aliphatic carbocycles. The van der Waals surface area contributed by atoms with Gasteiger partial charge in [0, 0.05) is 12.2 Å². The summed E-state index contributed by atoms with van der Waals surface area (Å²) < 4.78 is 14.7. The molecule has 0 heterocycles. The monoisotopic (exact) mass is 288 g/mol. The maximum absolute atomic E-state index is 11.4. The van der Waals surface area contributed by atoms with Crippen LogP contribution in [0.15, 0.2) is 12.2 Å². The molecule has 0 radical (unpaired) electrons. The molecule has 0 spiro atoms. The maximum Gasteiger partial charge on any atom is 0.334 e. The third-order valence-electron chi connectivity index (χ3n) is 2.37. The Kier molecular flexibility index (Phi) is 10.6. The van der Waals surface area contributed by atoms with Crippen LogP contribution >= 0.6 is 0 Å². The minimum atomic E-state index is -0.671. The number of carbonyl (C=O) groups excluding carboxylic acids is 2. The van der Waals surface area contributed by atoms with Crippen molar-refractivity contribution in [1.82, 2.24) is 0 Å². The Labute approximate surface area is 119 Å². The highest BCUT2D eigenvalue weighted by Gasteiger charge is 2.15. The van der Waals surface area contributed by atoms with Gasteiger partial charge in [-0.25, -0.2) is 4.79 Å². The van der Waals surface area contributed by atoms with E-state index in [4.69, 9.17) is 14.2 Å². The van der Waals surface area contributed by atoms with E-state index in [1.54, 1.807) is 0 Å². The zero-order chi connectivity index (χ0) is 15.4. The third-order valence-corrected chi connectivity index (χ3v) is 2.37. The molecular formula is C14H24O6. The van der Waals surface area contributed by atoms with E-state index in [9.17, 15) is 14.7 Å². The second-order valence-electron chi connectivity index (χ2n) is 4.24. The predicted molar refractivity (Wildman–Crippen MR) is 73.1 cm³/mol. The topological polar surface area (TPSA) is 82.1 Å². The lowest BCUT2D eigenvalue weighted by atomic mass is 10.2. The zero-order valence-corrected chi connectivity index (χ0v) is 12.2. The van der Waals surface area contributed by atoms with Gasteiger partial charge in [-0.05, 0) is 13.3 Å². The molecule has 0 saturated carbocycles. The Morgan fingerprint density at radius 1 is 1.20 bits per heavy atom. The molecule has 0 bridgehead atoms. The summed E-state index contributed by atoms with van der Waals surface area (Å²) in [5, 5.41) is 9.40. The van der Waals surface area contributed by atoms with Gasteiger partial charge in [-0.15, -0.1) is 0 Å². The normalized spacial score (nSPS) is 11.8. The average molecular weight is 288 g/mol. The van der Waals surface area contributed by atoms with Crippen molar-refractivity contribution in [3.05, 3.63) is 12.2 Å². The smallest absolute Gasteiger partial charge is 0.334 e. The second kappa shape index (κ2) is 11.4. The molecule has 0 amide bonds. The van der Waals surface area contributed by atoms with Gasteiger partial charge in [-0.3, -0.25) is 4.79 Å². The number of hydrogen-bond acceptors (Lipinski definition) is 6. The van der Waals surface area contributed by atoms with Gasteiger partial charge < -0.3 is 19.3 Å². The first-order chi connectivity index (χ1) is 9.51. The first-order valence-electron chi connectivity index (χ1n) is 6.77. The Morgan fingerprint density at radius 2 is 1.90 bits per heavy atom. The zero-order valence-electron chi connectivity index (χ0n) is 12.2. The number of esters is 2. The SMILES string of the molecule is C=C(CC(=O)OCC(O)CCC)C(=O)OCCOCC. The summed E-state index contributed by atoms with van der Waals surface area (Å²) in [6, 6.07) is 0. The van der Waals surface area contributed by atoms with Crippen molar-refractivity contribution in [2.24, 2.45) is 0 Å². The van der Waals surface area contributed by atoms with Crippen molar-refractivity contribution in [3.8, 4) is 0 Å². The highest BCUT2D eigenvalue weighted by Crippen LogP contribution is 2.04. The summed E-state index contributed by atoms with van der Waals surface area (Å²) in [5.41, 5.74) is 0.0245. The van der Waals surface area contributed by atoms with Crippen LogP contribution in [0, 0.1) is 0 Å². The Bertz CT molecular complexity index is 313. The summed E-state index contributed by atoms with van der Waals surface area (Å²) in [4.78, 5) is 22.9. The molecule has 0 rings (SSSR count). The molecule has 116 valence electrons. The highest BCUT2D eigenvalue weighted by molar-refractivity contribution is 5.93. The molecule has 20 heavy (non-hydrogen) atoms. The van der Waals surface area contributed by atoms with Gasteiger partial charge in [-0.2, -0.15) is 0 Å². The fraction of sp³-hybridized carbons (Fsp3) is 0.714. The van der Waals surface area contributed by atoms with Crippen molar-refractivity contribution in [3.63, 3.8) is 0 Å². The van der Waals surface area contributed by atoms with E-state index in [1.807, 2.05) is 13.8 Å². The van der Waals surface area contributed by atoms with Crippen LogP contribution in [-0.4, -0.2) is 49.6 Å². The predicted octanol–water partition coefficient (Wildman–Crippen LogP) is 1.22. The van der Waals surface area contributed by atoms with Gasteiger partial charge in [0.1, 0.15) is 13.2 Å². The number of rotatable bonds is 11. The van der Waals surface area contributed by atoms with Crippen molar-refractivity contribution in [2.45, 2.75) is 39.2 Å². The molecule has 0 aliphatic rings. The van der Waals surface area contributed by atoms with E-state index in [2.05, 4.69) is 6.58 Å². The molecule has 0 saturated heterocycles. The summed E-state index contributed by atoms with van der Waals surface area (Å²) in [6.45, 7) is 8.14. The first-order valence-corrected chi connectivity index (χ1v) is 6.77. The summed E-state index contributed by atoms with van der Waals surface area (Å²) in [6.07, 6.45) is 0.452. The summed E-state index contributed by atoms with van der Waals surface area (Å²) in [7, 11) is 0. The fourth-order valence-corrected chi connectivity index (χ4v) is 1.34. The fourth-order valence-electron chi connectivity index (χ4n) is 1.34. The largest absolute Gasteiger partial charge is 0.463 e. The van der Waals surface area contributed by atoms with Crippen LogP contribution in [0.1, 0.15) is 33.1 Å². The molecule has 0 aliphatic heterocycles. The van der Waals surface area contributed by atoms with Crippen LogP contribution < -0.4 is 0 Å². The Morgan fingerprint density at radius 3 is 2.50 bits per heavy atom. The van der Waals surface area contributed by atoms with Crippen molar-refractivity contribution >= 4 is 11.9 Å². The van der Waals surface area contributed by atoms with Crippen LogP contribution in [0.2, 0.25) is 0 Å². The highest BCUT2D eigenvalue weighted by atomic mass is 16.6. The number of hydrogen-bond donors (Lipinski definition) is 1. The minimum Gasteiger partial charge on any atom is -0.463 e. The van der Waals surface area contributed by atoms with Gasteiger partial charge in [-0.1, -0.05) is 19.9 Å². The van der Waals surface area contributed by atoms with Crippen molar-refractivity contribution in [2.75, 3.05) is 26.4 Å². The molecule has 1 atom stereocenters. The van der Waals surface area contributed by atoms with Crippen molar-refractivity contribution in [1.29, 1.82) is 0 Å². The maximum atomic E-state index is 11.4. The van der Waals surface area contributed by atoms with E-state index in [1.165, 1.54) is 0 Å². The summed E-state index contributed by atoms with van der Waals surface area (Å²) >= 11 is 0. The van der Waals surface area contributed by atoms with E-state index in [0.29, 0.717) is 19.6 Å². The van der Waals surface area contributed by atoms with Crippen LogP contribution in [0.25, 0.3) is 0 Å². The number of carbonyl (C=O) groups is 2. The molecule has 0 aromatic carbocycles. The van der Waals surface area contributed by atoms with E-state index < -0.39 is 18.0 Å². The second-order valence-corrected chi connectivity index (χ2v) is 4.24. The van der Waals surface area contributed by atoms with E-state index in [0.717, 1.165) is 6.42 Å². The molecule has 6 heteroatoms. The molecule has 1 N–H and O–H groups in total. The van der Waals surface area contributed by atoms with Gasteiger partial charge in [0.2, 0.25) is 0 Å². The van der Waals surface area contributed by atoms with Crippen LogP contribution in [0.5, 0.6) is 0 Å². The summed E-state index contributed by atoms with van der Waals surface area (Å²) in [5.74, 6) is -1.25. The molecular weight excluding hydrogens is 264 g/mol. The van der Waals surface area contributed by atoms with Crippen LogP contribution in [-0.2, 0) is 23.8 Å². The molecule has 0 fully saturated rings. The van der Waals surface area contributed by atoms with Gasteiger partial charge >= 0.3 is 11.9 Å². The van der Waals surface area contributed by atoms with E-state index in [-0.39, 0.29) is 25.2 Å². The lowest BCUT2D eigenvalue weighted by molar-refractivity contribution is -0.148. The standard InChI is InChI=1S/C14H24O6/c1-4-6-12(15)10-20-13(16)9-11(3)14(17)19-8-7-18-5-2/h12,15H,3-10H2,1-2H3. The number of aliphatic hydroxyl groups is 1. The number of aliphatic hydroxyl groups excluding tert-OH is 1. The Hall–Kier alpha value is -1.40. The molecule has 6 nitrogen and oxygen atoms in total. The van der Waals surface area contributed by atoms with Gasteiger partial charge in [0.25, 0.3) is 0 Å². The first kappa shape index (κ1) is 18.6. The molecule has 1 unspecified atom stereocenters. The lowest BCUT2D eigenvalue weighted by Crippen LogP contribution is -2.20. The van der Waals surface area contributed by atoms with Crippen molar-refractivity contribution < 1.29 is 28.9 Å². The number of ether oxygens (including phenoxy) is 3.